The molecule has 4 N–H and O–H groups in total. The van der Waals surface area contributed by atoms with E-state index in [1.165, 1.54) is 0 Å². The summed E-state index contributed by atoms with van der Waals surface area (Å²) < 4.78 is 0. The van der Waals surface area contributed by atoms with Gasteiger partial charge in [0.15, 0.2) is 34.6 Å². The zero-order valence-electron chi connectivity index (χ0n) is 19.2. The number of nitrogens with one attached hydrogen (secondary N) is 2. The van der Waals surface area contributed by atoms with Crippen molar-refractivity contribution in [1.82, 2.24) is 0 Å². The number of anilines is 2. The zero-order valence-corrected chi connectivity index (χ0v) is 20.8. The molecule has 34 heavy (non-hydrogen) atoms. The van der Waals surface area contributed by atoms with Crippen molar-refractivity contribution in [3.8, 4) is 11.5 Å². The molecule has 178 valence electrons. The second-order valence-corrected chi connectivity index (χ2v) is 12.7. The van der Waals surface area contributed by atoms with Crippen molar-refractivity contribution < 1.29 is 29.4 Å². The number of Topliss-reactive ketones (excluding diaryl/α,β-unsaturated/α-hetero) is 4. The molecule has 1 aromatic carbocycles. The Morgan fingerprint density at radius 2 is 0.912 bits per heavy atom. The van der Waals surface area contributed by atoms with E-state index in [1.807, 2.05) is 27.7 Å². The number of aromatic hydroxyl groups is 2. The van der Waals surface area contributed by atoms with Crippen molar-refractivity contribution in [3.05, 3.63) is 21.2 Å². The van der Waals surface area contributed by atoms with Gasteiger partial charge in [0, 0.05) is 25.7 Å². The number of phenolic OH excluding ortho intramolecular Hbond substituents is 2. The molecule has 2 saturated carbocycles. The van der Waals surface area contributed by atoms with E-state index in [9.17, 15) is 29.4 Å². The van der Waals surface area contributed by atoms with Crippen molar-refractivity contribution in [2.45, 2.75) is 63.2 Å². The minimum absolute atomic E-state index is 0.0592. The van der Waals surface area contributed by atoms with Gasteiger partial charge in [-0.2, -0.15) is 0 Å². The number of carbonyl (C=O) groups is 4. The molecule has 2 aliphatic heterocycles. The third kappa shape index (κ3) is 3.54. The number of ketones is 4. The van der Waals surface area contributed by atoms with Gasteiger partial charge < -0.3 is 20.8 Å². The number of fused-ring (bicyclic) bond motifs is 2. The highest BCUT2D eigenvalue weighted by Gasteiger charge is 2.43. The molecular formula is C24H24N2O6S2. The summed E-state index contributed by atoms with van der Waals surface area (Å²) in [5, 5.41) is 28.5. The van der Waals surface area contributed by atoms with Crippen molar-refractivity contribution in [1.29, 1.82) is 0 Å². The number of thioether (sulfide) groups is 2. The smallest absolute Gasteiger partial charge is 0.169 e. The first-order chi connectivity index (χ1) is 15.8. The van der Waals surface area contributed by atoms with Crippen LogP contribution in [-0.4, -0.2) is 33.3 Å². The van der Waals surface area contributed by atoms with Crippen LogP contribution >= 0.6 is 23.5 Å². The van der Waals surface area contributed by atoms with E-state index >= 15 is 0 Å². The molecule has 0 saturated heterocycles. The van der Waals surface area contributed by atoms with E-state index in [2.05, 4.69) is 10.6 Å². The topological polar surface area (TPSA) is 133 Å². The van der Waals surface area contributed by atoms with E-state index in [1.54, 1.807) is 0 Å². The molecule has 0 unspecified atom stereocenters. The third-order valence-electron chi connectivity index (χ3n) is 6.37. The minimum Gasteiger partial charge on any atom is -0.505 e. The molecular weight excluding hydrogens is 476 g/mol. The number of rotatable bonds is 0. The van der Waals surface area contributed by atoms with Crippen LogP contribution in [0.3, 0.4) is 0 Å². The highest BCUT2D eigenvalue weighted by atomic mass is 32.2. The van der Waals surface area contributed by atoms with Crippen molar-refractivity contribution in [3.63, 3.8) is 0 Å². The van der Waals surface area contributed by atoms with Crippen LogP contribution in [0.2, 0.25) is 0 Å². The molecule has 10 heteroatoms. The second-order valence-electron chi connectivity index (χ2n) is 10.7. The largest absolute Gasteiger partial charge is 0.505 e. The van der Waals surface area contributed by atoms with Crippen LogP contribution in [0.25, 0.3) is 0 Å². The van der Waals surface area contributed by atoms with Gasteiger partial charge in [0.1, 0.15) is 11.4 Å². The second kappa shape index (κ2) is 7.39. The van der Waals surface area contributed by atoms with Crippen LogP contribution in [0.5, 0.6) is 11.5 Å². The standard InChI is InChI=1S/C24H24N2O6S2/c1-23(2)5-9(27)13(10(28)6-23)21-25-15-17(31)20-16(18(32)19(15)33-21)26-22(34-20)14-11(29)7-24(3,4)8-12(14)30/h25-26,31-32H,5-8H2,1-4H3. The van der Waals surface area contributed by atoms with E-state index in [-0.39, 0.29) is 92.6 Å². The Balaban J connectivity index is 1.52. The van der Waals surface area contributed by atoms with E-state index in [4.69, 9.17) is 0 Å². The monoisotopic (exact) mass is 500 g/mol. The van der Waals surface area contributed by atoms with Gasteiger partial charge in [-0.3, -0.25) is 19.2 Å². The van der Waals surface area contributed by atoms with Crippen molar-refractivity contribution in [2.24, 2.45) is 10.8 Å². The Kier molecular flexibility index (Phi) is 5.01. The van der Waals surface area contributed by atoms with Gasteiger partial charge in [0.2, 0.25) is 0 Å². The summed E-state index contributed by atoms with van der Waals surface area (Å²) in [4.78, 5) is 51.4. The number of hydrogen-bond donors (Lipinski definition) is 4. The molecule has 2 heterocycles. The predicted octanol–water partition coefficient (Wildman–Crippen LogP) is 4.47. The Hall–Kier alpha value is -2.72. The molecule has 2 aliphatic carbocycles. The highest BCUT2D eigenvalue weighted by Crippen LogP contribution is 2.62. The zero-order chi connectivity index (χ0) is 24.7. The summed E-state index contributed by atoms with van der Waals surface area (Å²) >= 11 is 2.02. The summed E-state index contributed by atoms with van der Waals surface area (Å²) in [7, 11) is 0. The number of carbonyl (C=O) groups excluding carboxylic acids is 4. The Morgan fingerprint density at radius 3 is 1.21 bits per heavy atom. The van der Waals surface area contributed by atoms with Gasteiger partial charge in [0.05, 0.1) is 31.0 Å². The van der Waals surface area contributed by atoms with Gasteiger partial charge >= 0.3 is 0 Å². The number of benzene rings is 1. The van der Waals surface area contributed by atoms with E-state index in [0.29, 0.717) is 10.1 Å². The summed E-state index contributed by atoms with van der Waals surface area (Å²) in [6, 6.07) is 0. The molecule has 5 rings (SSSR count). The molecule has 0 amide bonds. The van der Waals surface area contributed by atoms with Crippen LogP contribution < -0.4 is 10.6 Å². The van der Waals surface area contributed by atoms with Gasteiger partial charge in [0.25, 0.3) is 0 Å². The molecule has 0 atom stereocenters. The maximum Gasteiger partial charge on any atom is 0.169 e. The highest BCUT2D eigenvalue weighted by molar-refractivity contribution is 8.04. The summed E-state index contributed by atoms with van der Waals surface area (Å²) in [6.45, 7) is 7.48. The van der Waals surface area contributed by atoms with Crippen LogP contribution in [0.4, 0.5) is 11.4 Å². The average molecular weight is 501 g/mol. The molecule has 0 bridgehead atoms. The molecule has 0 spiro atoms. The maximum atomic E-state index is 12.7. The van der Waals surface area contributed by atoms with E-state index in [0.717, 1.165) is 23.5 Å². The Bertz CT molecular complexity index is 1120. The van der Waals surface area contributed by atoms with Gasteiger partial charge in [-0.25, -0.2) is 0 Å². The predicted molar refractivity (Wildman–Crippen MR) is 129 cm³/mol. The SMILES string of the molecule is CC1(C)CC(=O)C(=C2Nc3c(O)c4c(c(O)c3S2)NC(=C2C(=O)CC(C)(C)CC2=O)S4)C(=O)C1. The van der Waals surface area contributed by atoms with Crippen LogP contribution in [0, 0.1) is 10.8 Å². The first-order valence-electron chi connectivity index (χ1n) is 10.9. The van der Waals surface area contributed by atoms with Crippen molar-refractivity contribution in [2.75, 3.05) is 10.6 Å². The molecule has 1 aromatic rings. The number of allylic oxidation sites excluding steroid dienone is 2. The first-order valence-corrected chi connectivity index (χ1v) is 12.5. The molecule has 0 aromatic heterocycles. The van der Waals surface area contributed by atoms with Crippen LogP contribution in [0.15, 0.2) is 31.0 Å². The van der Waals surface area contributed by atoms with Gasteiger partial charge in [-0.05, 0) is 10.8 Å². The fourth-order valence-corrected chi connectivity index (χ4v) is 7.12. The quantitative estimate of drug-likeness (QED) is 0.175. The summed E-state index contributed by atoms with van der Waals surface area (Å²) in [5.41, 5.74) is -0.317. The van der Waals surface area contributed by atoms with Crippen molar-refractivity contribution >= 4 is 58.0 Å². The molecule has 0 radical (unpaired) electrons. The fourth-order valence-electron chi connectivity index (χ4n) is 4.85. The lowest BCUT2D eigenvalue weighted by Crippen LogP contribution is -2.32. The lowest BCUT2D eigenvalue weighted by Gasteiger charge is -2.29. The number of phenols is 2. The number of hydrogen-bond acceptors (Lipinski definition) is 10. The molecule has 2 fully saturated rings. The minimum atomic E-state index is -0.409. The van der Waals surface area contributed by atoms with Crippen LogP contribution in [-0.2, 0) is 19.2 Å². The molecule has 4 aliphatic rings. The average Bonchev–Trinajstić information content (AvgIpc) is 3.28. The molecule has 8 nitrogen and oxygen atoms in total. The lowest BCUT2D eigenvalue weighted by atomic mass is 9.74. The Labute approximate surface area is 204 Å². The summed E-state index contributed by atoms with van der Waals surface area (Å²) in [6.07, 6.45) is 0.936. The van der Waals surface area contributed by atoms with Crippen LogP contribution in [0.1, 0.15) is 53.4 Å². The maximum absolute atomic E-state index is 12.7. The fraction of sp³-hybridized carbons (Fsp3) is 0.417. The Morgan fingerprint density at radius 1 is 0.618 bits per heavy atom. The first kappa shape index (κ1) is 23.0. The lowest BCUT2D eigenvalue weighted by molar-refractivity contribution is -0.129. The van der Waals surface area contributed by atoms with E-state index < -0.39 is 10.8 Å². The van der Waals surface area contributed by atoms with Gasteiger partial charge in [-0.15, -0.1) is 0 Å². The van der Waals surface area contributed by atoms with Gasteiger partial charge in [-0.1, -0.05) is 51.2 Å². The third-order valence-corrected chi connectivity index (χ3v) is 8.59. The normalized spacial score (nSPS) is 23.2. The summed E-state index contributed by atoms with van der Waals surface area (Å²) in [5.74, 6) is -1.46.